The number of nitrogens with zero attached hydrogens (tertiary/aromatic N) is 1. The van der Waals surface area contributed by atoms with Crippen molar-refractivity contribution in [2.75, 3.05) is 11.9 Å². The van der Waals surface area contributed by atoms with E-state index in [4.69, 9.17) is 4.74 Å². The van der Waals surface area contributed by atoms with Gasteiger partial charge in [-0.1, -0.05) is 0 Å². The van der Waals surface area contributed by atoms with Crippen LogP contribution in [0.15, 0.2) is 36.5 Å². The number of anilines is 1. The molecular formula is C14H12F2N2O2. The van der Waals surface area contributed by atoms with Gasteiger partial charge in [0.2, 0.25) is 5.88 Å². The van der Waals surface area contributed by atoms with E-state index in [2.05, 4.69) is 10.3 Å². The van der Waals surface area contributed by atoms with Crippen molar-refractivity contribution in [3.63, 3.8) is 0 Å². The lowest BCUT2D eigenvalue weighted by Crippen LogP contribution is -2.15. The quantitative estimate of drug-likeness (QED) is 0.935. The molecule has 1 N–H and O–H groups in total. The van der Waals surface area contributed by atoms with Crippen LogP contribution in [0.2, 0.25) is 0 Å². The van der Waals surface area contributed by atoms with E-state index in [0.29, 0.717) is 6.61 Å². The Hall–Kier alpha value is -2.50. The maximum absolute atomic E-state index is 13.5. The molecule has 0 radical (unpaired) electrons. The molecule has 1 amide bonds. The third-order valence-electron chi connectivity index (χ3n) is 2.47. The van der Waals surface area contributed by atoms with Crippen molar-refractivity contribution >= 4 is 11.6 Å². The molecule has 0 spiro atoms. The van der Waals surface area contributed by atoms with E-state index in [-0.39, 0.29) is 17.1 Å². The maximum atomic E-state index is 13.5. The van der Waals surface area contributed by atoms with E-state index in [9.17, 15) is 13.6 Å². The van der Waals surface area contributed by atoms with Gasteiger partial charge in [-0.25, -0.2) is 13.8 Å². The van der Waals surface area contributed by atoms with E-state index in [1.54, 1.807) is 13.0 Å². The number of amides is 1. The number of carbonyl (C=O) groups is 1. The Kier molecular flexibility index (Phi) is 4.24. The maximum Gasteiger partial charge on any atom is 0.261 e. The predicted octanol–water partition coefficient (Wildman–Crippen LogP) is 3.01. The Bertz CT molecular complexity index is 632. The van der Waals surface area contributed by atoms with Gasteiger partial charge in [0.25, 0.3) is 5.91 Å². The van der Waals surface area contributed by atoms with Gasteiger partial charge >= 0.3 is 0 Å². The molecule has 0 unspecified atom stereocenters. The lowest BCUT2D eigenvalue weighted by Gasteiger charge is -2.10. The summed E-state index contributed by atoms with van der Waals surface area (Å²) < 4.78 is 31.7. The van der Waals surface area contributed by atoms with Crippen molar-refractivity contribution in [3.8, 4) is 5.88 Å². The van der Waals surface area contributed by atoms with Gasteiger partial charge in [-0.2, -0.15) is 0 Å². The van der Waals surface area contributed by atoms with Crippen LogP contribution in [-0.4, -0.2) is 17.5 Å². The summed E-state index contributed by atoms with van der Waals surface area (Å²) in [6, 6.07) is 5.87. The summed E-state index contributed by atoms with van der Waals surface area (Å²) in [5.41, 5.74) is -0.0840. The minimum Gasteiger partial charge on any atom is -0.477 e. The van der Waals surface area contributed by atoms with E-state index in [1.807, 2.05) is 0 Å². The summed E-state index contributed by atoms with van der Waals surface area (Å²) >= 11 is 0. The molecule has 1 aromatic carbocycles. The van der Waals surface area contributed by atoms with Crippen molar-refractivity contribution < 1.29 is 18.3 Å². The molecular weight excluding hydrogens is 266 g/mol. The number of carbonyl (C=O) groups excluding carboxylic acids is 1. The van der Waals surface area contributed by atoms with Gasteiger partial charge in [-0.15, -0.1) is 0 Å². The monoisotopic (exact) mass is 278 g/mol. The lowest BCUT2D eigenvalue weighted by molar-refractivity contribution is 0.102. The van der Waals surface area contributed by atoms with Crippen LogP contribution in [0.25, 0.3) is 0 Å². The Morgan fingerprint density at radius 3 is 2.90 bits per heavy atom. The first-order valence-corrected chi connectivity index (χ1v) is 5.96. The molecule has 0 saturated heterocycles. The van der Waals surface area contributed by atoms with Crippen LogP contribution in [-0.2, 0) is 0 Å². The Morgan fingerprint density at radius 1 is 1.35 bits per heavy atom. The number of pyridine rings is 1. The fourth-order valence-electron chi connectivity index (χ4n) is 1.60. The van der Waals surface area contributed by atoms with Crippen LogP contribution in [0.3, 0.4) is 0 Å². The summed E-state index contributed by atoms with van der Waals surface area (Å²) in [5.74, 6) is -1.84. The molecule has 0 aliphatic carbocycles. The van der Waals surface area contributed by atoms with Crippen molar-refractivity contribution in [3.05, 3.63) is 53.7 Å². The fourth-order valence-corrected chi connectivity index (χ4v) is 1.60. The Labute approximate surface area is 114 Å². The average Bonchev–Trinajstić information content (AvgIpc) is 2.44. The number of rotatable bonds is 4. The smallest absolute Gasteiger partial charge is 0.261 e. The number of benzene rings is 1. The van der Waals surface area contributed by atoms with Crippen LogP contribution in [0.4, 0.5) is 14.5 Å². The average molecular weight is 278 g/mol. The lowest BCUT2D eigenvalue weighted by atomic mass is 10.2. The molecule has 104 valence electrons. The van der Waals surface area contributed by atoms with Gasteiger partial charge in [-0.3, -0.25) is 4.79 Å². The number of ether oxygens (including phenoxy) is 1. The van der Waals surface area contributed by atoms with Gasteiger partial charge in [-0.05, 0) is 31.2 Å². The minimum absolute atomic E-state index is 0.143. The van der Waals surface area contributed by atoms with Crippen molar-refractivity contribution in [2.45, 2.75) is 6.92 Å². The molecule has 20 heavy (non-hydrogen) atoms. The minimum atomic E-state index is -0.721. The summed E-state index contributed by atoms with van der Waals surface area (Å²) in [7, 11) is 0. The van der Waals surface area contributed by atoms with Gasteiger partial charge in [0.15, 0.2) is 0 Å². The molecule has 0 aliphatic rings. The molecule has 2 rings (SSSR count). The molecule has 0 aliphatic heterocycles. The fraction of sp³-hybridized carbons (Fsp3) is 0.143. The van der Waals surface area contributed by atoms with Crippen LogP contribution < -0.4 is 10.1 Å². The van der Waals surface area contributed by atoms with Crippen molar-refractivity contribution in [1.29, 1.82) is 0 Å². The molecule has 0 saturated carbocycles. The largest absolute Gasteiger partial charge is 0.477 e. The SMILES string of the molecule is CCOc1ncccc1C(=O)Nc1cc(F)ccc1F. The summed E-state index contributed by atoms with van der Waals surface area (Å²) in [4.78, 5) is 16.0. The molecule has 4 nitrogen and oxygen atoms in total. The number of nitrogens with one attached hydrogen (secondary N) is 1. The standard InChI is InChI=1S/C14H12F2N2O2/c1-2-20-14-10(4-3-7-17-14)13(19)18-12-8-9(15)5-6-11(12)16/h3-8H,2H2,1H3,(H,18,19). The van der Waals surface area contributed by atoms with Gasteiger partial charge in [0.1, 0.15) is 17.2 Å². The van der Waals surface area contributed by atoms with Crippen molar-refractivity contribution in [2.24, 2.45) is 0 Å². The highest BCUT2D eigenvalue weighted by Gasteiger charge is 2.15. The van der Waals surface area contributed by atoms with E-state index in [1.165, 1.54) is 12.3 Å². The van der Waals surface area contributed by atoms with Crippen LogP contribution in [0.5, 0.6) is 5.88 Å². The van der Waals surface area contributed by atoms with Gasteiger partial charge < -0.3 is 10.1 Å². The topological polar surface area (TPSA) is 51.2 Å². The first-order chi connectivity index (χ1) is 9.61. The molecule has 2 aromatic rings. The second-order valence-corrected chi connectivity index (χ2v) is 3.87. The molecule has 0 bridgehead atoms. The molecule has 0 fully saturated rings. The summed E-state index contributed by atoms with van der Waals surface area (Å²) in [6.07, 6.45) is 1.48. The van der Waals surface area contributed by atoms with E-state index < -0.39 is 17.5 Å². The van der Waals surface area contributed by atoms with E-state index in [0.717, 1.165) is 18.2 Å². The van der Waals surface area contributed by atoms with Crippen molar-refractivity contribution in [1.82, 2.24) is 4.98 Å². The Balaban J connectivity index is 2.26. The zero-order chi connectivity index (χ0) is 14.5. The third-order valence-corrected chi connectivity index (χ3v) is 2.47. The normalized spacial score (nSPS) is 10.2. The van der Waals surface area contributed by atoms with E-state index >= 15 is 0 Å². The number of hydrogen-bond donors (Lipinski definition) is 1. The predicted molar refractivity (Wildman–Crippen MR) is 69.7 cm³/mol. The highest BCUT2D eigenvalue weighted by Crippen LogP contribution is 2.19. The zero-order valence-electron chi connectivity index (χ0n) is 10.7. The number of aromatic nitrogens is 1. The second-order valence-electron chi connectivity index (χ2n) is 3.87. The van der Waals surface area contributed by atoms with Crippen LogP contribution in [0.1, 0.15) is 17.3 Å². The first-order valence-electron chi connectivity index (χ1n) is 5.96. The summed E-state index contributed by atoms with van der Waals surface area (Å²) in [5, 5.41) is 2.29. The molecule has 1 heterocycles. The highest BCUT2D eigenvalue weighted by atomic mass is 19.1. The van der Waals surface area contributed by atoms with Gasteiger partial charge in [0, 0.05) is 12.3 Å². The molecule has 6 heteroatoms. The third kappa shape index (κ3) is 3.09. The zero-order valence-corrected chi connectivity index (χ0v) is 10.7. The molecule has 1 aromatic heterocycles. The number of hydrogen-bond acceptors (Lipinski definition) is 3. The molecule has 0 atom stereocenters. The Morgan fingerprint density at radius 2 is 2.15 bits per heavy atom. The first kappa shape index (κ1) is 13.9. The number of halogens is 2. The van der Waals surface area contributed by atoms with Crippen LogP contribution in [0, 0.1) is 11.6 Å². The highest BCUT2D eigenvalue weighted by molar-refractivity contribution is 6.05. The van der Waals surface area contributed by atoms with Gasteiger partial charge in [0.05, 0.1) is 12.3 Å². The van der Waals surface area contributed by atoms with Crippen LogP contribution >= 0.6 is 0 Å². The second kappa shape index (κ2) is 6.10. The summed E-state index contributed by atoms with van der Waals surface area (Å²) in [6.45, 7) is 2.09.